The van der Waals surface area contributed by atoms with Crippen molar-refractivity contribution in [3.05, 3.63) is 113 Å². The molecule has 0 spiro atoms. The summed E-state index contributed by atoms with van der Waals surface area (Å²) < 4.78 is 11.0. The number of nitrogens with zero attached hydrogens (tertiary/aromatic N) is 3. The van der Waals surface area contributed by atoms with Crippen LogP contribution in [0, 0.1) is 13.8 Å². The van der Waals surface area contributed by atoms with Gasteiger partial charge in [-0.2, -0.15) is 0 Å². The van der Waals surface area contributed by atoms with Crippen LogP contribution in [-0.2, 0) is 6.61 Å². The molecule has 0 saturated heterocycles. The van der Waals surface area contributed by atoms with Crippen LogP contribution < -0.4 is 4.74 Å². The molecule has 4 rings (SSSR count). The fraction of sp³-hybridized carbons (Fsp3) is 0.192. The summed E-state index contributed by atoms with van der Waals surface area (Å²) in [5, 5.41) is 3.94. The first-order valence-corrected chi connectivity index (χ1v) is 10.4. The Bertz CT molecular complexity index is 1110. The SMILES string of the molecule is Cc1noc(C)c1COc1ccc(C(=O)N(C)C(c2ccccc2)c2ccccn2)cc1. The standard InChI is InChI=1S/C26H25N3O3/c1-18-23(19(2)32-28-18)17-31-22-14-12-21(13-15-22)26(30)29(3)25(20-9-5-4-6-10-20)24-11-7-8-16-27-24/h4-16,25H,17H2,1-3H3. The molecule has 162 valence electrons. The molecule has 0 radical (unpaired) electrons. The van der Waals surface area contributed by atoms with E-state index in [1.54, 1.807) is 42.4 Å². The summed E-state index contributed by atoms with van der Waals surface area (Å²) in [6.07, 6.45) is 1.74. The van der Waals surface area contributed by atoms with Crippen LogP contribution in [0.3, 0.4) is 0 Å². The number of carbonyl (C=O) groups excluding carboxylic acids is 1. The van der Waals surface area contributed by atoms with Crippen molar-refractivity contribution in [2.24, 2.45) is 0 Å². The maximum absolute atomic E-state index is 13.3. The fourth-order valence-electron chi connectivity index (χ4n) is 3.64. The number of aromatic nitrogens is 2. The smallest absolute Gasteiger partial charge is 0.254 e. The molecule has 0 fully saturated rings. The van der Waals surface area contributed by atoms with E-state index in [4.69, 9.17) is 9.26 Å². The van der Waals surface area contributed by atoms with Crippen LogP contribution in [0.25, 0.3) is 0 Å². The first-order chi connectivity index (χ1) is 15.5. The summed E-state index contributed by atoms with van der Waals surface area (Å²) in [4.78, 5) is 19.5. The number of pyridine rings is 1. The second-order valence-electron chi connectivity index (χ2n) is 7.60. The van der Waals surface area contributed by atoms with E-state index in [1.165, 1.54) is 0 Å². The third kappa shape index (κ3) is 4.54. The van der Waals surface area contributed by atoms with Crippen molar-refractivity contribution >= 4 is 5.91 Å². The fourth-order valence-corrected chi connectivity index (χ4v) is 3.64. The predicted octanol–water partition coefficient (Wildman–Crippen LogP) is 5.13. The molecule has 0 saturated carbocycles. The highest BCUT2D eigenvalue weighted by Crippen LogP contribution is 2.28. The van der Waals surface area contributed by atoms with Crippen LogP contribution in [-0.4, -0.2) is 28.0 Å². The van der Waals surface area contributed by atoms with Gasteiger partial charge < -0.3 is 14.2 Å². The molecule has 4 aromatic rings. The first kappa shape index (κ1) is 21.3. The van der Waals surface area contributed by atoms with Crippen molar-refractivity contribution in [2.45, 2.75) is 26.5 Å². The van der Waals surface area contributed by atoms with Crippen molar-refractivity contribution in [3.63, 3.8) is 0 Å². The Morgan fingerprint density at radius 3 is 2.34 bits per heavy atom. The first-order valence-electron chi connectivity index (χ1n) is 10.4. The Morgan fingerprint density at radius 1 is 1.00 bits per heavy atom. The third-order valence-corrected chi connectivity index (χ3v) is 5.46. The van der Waals surface area contributed by atoms with E-state index in [9.17, 15) is 4.79 Å². The molecular weight excluding hydrogens is 402 g/mol. The Hall–Kier alpha value is -3.93. The van der Waals surface area contributed by atoms with E-state index in [1.807, 2.05) is 62.4 Å². The molecule has 0 N–H and O–H groups in total. The lowest BCUT2D eigenvalue weighted by molar-refractivity contribution is 0.0752. The molecule has 0 aliphatic heterocycles. The van der Waals surface area contributed by atoms with Gasteiger partial charge in [0.05, 0.1) is 23.0 Å². The van der Waals surface area contributed by atoms with E-state index in [-0.39, 0.29) is 11.9 Å². The predicted molar refractivity (Wildman–Crippen MR) is 121 cm³/mol. The highest BCUT2D eigenvalue weighted by Gasteiger charge is 2.25. The lowest BCUT2D eigenvalue weighted by Gasteiger charge is -2.28. The van der Waals surface area contributed by atoms with Gasteiger partial charge in [-0.1, -0.05) is 41.6 Å². The molecule has 0 aliphatic carbocycles. The number of benzene rings is 2. The average Bonchev–Trinajstić information content (AvgIpc) is 3.16. The topological polar surface area (TPSA) is 68.5 Å². The van der Waals surface area contributed by atoms with E-state index in [0.29, 0.717) is 17.9 Å². The van der Waals surface area contributed by atoms with Gasteiger partial charge in [-0.25, -0.2) is 0 Å². The number of hydrogen-bond donors (Lipinski definition) is 0. The van der Waals surface area contributed by atoms with Crippen LogP contribution in [0.2, 0.25) is 0 Å². The van der Waals surface area contributed by atoms with Crippen molar-refractivity contribution in [1.29, 1.82) is 0 Å². The zero-order valence-corrected chi connectivity index (χ0v) is 18.4. The third-order valence-electron chi connectivity index (χ3n) is 5.46. The van der Waals surface area contributed by atoms with Gasteiger partial charge in [0.1, 0.15) is 18.1 Å². The molecule has 1 amide bonds. The molecule has 0 aliphatic rings. The lowest BCUT2D eigenvalue weighted by Crippen LogP contribution is -2.32. The van der Waals surface area contributed by atoms with Crippen LogP contribution in [0.15, 0.2) is 83.5 Å². The maximum Gasteiger partial charge on any atom is 0.254 e. The van der Waals surface area contributed by atoms with Gasteiger partial charge in [0.15, 0.2) is 0 Å². The van der Waals surface area contributed by atoms with E-state index in [0.717, 1.165) is 28.3 Å². The molecule has 2 aromatic carbocycles. The van der Waals surface area contributed by atoms with Crippen LogP contribution in [0.5, 0.6) is 5.75 Å². The summed E-state index contributed by atoms with van der Waals surface area (Å²) in [7, 11) is 1.80. The normalized spacial score (nSPS) is 11.7. The molecule has 6 heteroatoms. The van der Waals surface area contributed by atoms with E-state index < -0.39 is 0 Å². The van der Waals surface area contributed by atoms with Crippen molar-refractivity contribution in [2.75, 3.05) is 7.05 Å². The Labute approximate surface area is 187 Å². The summed E-state index contributed by atoms with van der Waals surface area (Å²) in [6.45, 7) is 4.11. The molecule has 2 heterocycles. The van der Waals surface area contributed by atoms with Gasteiger partial charge in [0.25, 0.3) is 5.91 Å². The minimum atomic E-state index is -0.291. The Balaban J connectivity index is 1.52. The quantitative estimate of drug-likeness (QED) is 0.409. The van der Waals surface area contributed by atoms with Gasteiger partial charge >= 0.3 is 0 Å². The molecule has 1 atom stereocenters. The monoisotopic (exact) mass is 427 g/mol. The maximum atomic E-state index is 13.3. The van der Waals surface area contributed by atoms with Crippen LogP contribution in [0.4, 0.5) is 0 Å². The number of aryl methyl sites for hydroxylation is 2. The second kappa shape index (κ2) is 9.47. The van der Waals surface area contributed by atoms with Crippen LogP contribution in [0.1, 0.15) is 44.7 Å². The number of ether oxygens (including phenoxy) is 1. The lowest BCUT2D eigenvalue weighted by atomic mass is 10.0. The van der Waals surface area contributed by atoms with Gasteiger partial charge in [0, 0.05) is 18.8 Å². The summed E-state index contributed by atoms with van der Waals surface area (Å²) in [6, 6.07) is 22.5. The summed E-state index contributed by atoms with van der Waals surface area (Å²) >= 11 is 0. The zero-order valence-electron chi connectivity index (χ0n) is 18.4. The average molecular weight is 428 g/mol. The minimum Gasteiger partial charge on any atom is -0.489 e. The molecule has 32 heavy (non-hydrogen) atoms. The molecule has 2 aromatic heterocycles. The van der Waals surface area contributed by atoms with Gasteiger partial charge in [0.2, 0.25) is 0 Å². The molecular formula is C26H25N3O3. The zero-order chi connectivity index (χ0) is 22.5. The van der Waals surface area contributed by atoms with E-state index >= 15 is 0 Å². The van der Waals surface area contributed by atoms with Gasteiger partial charge in [-0.3, -0.25) is 9.78 Å². The Kier molecular flexibility index (Phi) is 6.31. The number of carbonyl (C=O) groups is 1. The number of hydrogen-bond acceptors (Lipinski definition) is 5. The second-order valence-corrected chi connectivity index (χ2v) is 7.60. The van der Waals surface area contributed by atoms with Crippen molar-refractivity contribution in [3.8, 4) is 5.75 Å². The minimum absolute atomic E-state index is 0.0956. The van der Waals surface area contributed by atoms with Crippen molar-refractivity contribution in [1.82, 2.24) is 15.0 Å². The van der Waals surface area contributed by atoms with E-state index in [2.05, 4.69) is 10.1 Å². The molecule has 1 unspecified atom stereocenters. The molecule has 0 bridgehead atoms. The van der Waals surface area contributed by atoms with Crippen LogP contribution >= 0.6 is 0 Å². The summed E-state index contributed by atoms with van der Waals surface area (Å²) in [5.41, 5.74) is 4.15. The Morgan fingerprint density at radius 2 is 1.72 bits per heavy atom. The summed E-state index contributed by atoms with van der Waals surface area (Å²) in [5.74, 6) is 1.33. The molecule has 6 nitrogen and oxygen atoms in total. The highest BCUT2D eigenvalue weighted by atomic mass is 16.5. The van der Waals surface area contributed by atoms with Gasteiger partial charge in [-0.05, 0) is 55.8 Å². The largest absolute Gasteiger partial charge is 0.489 e. The number of amides is 1. The highest BCUT2D eigenvalue weighted by molar-refractivity contribution is 5.94. The number of rotatable bonds is 7. The van der Waals surface area contributed by atoms with Crippen molar-refractivity contribution < 1.29 is 14.1 Å². The van der Waals surface area contributed by atoms with Gasteiger partial charge in [-0.15, -0.1) is 0 Å².